The number of methoxy groups -OCH3 is 1. The number of carbonyl (C=O) groups excluding carboxylic acids is 2. The number of nitrogens with zero attached hydrogens (tertiary/aromatic N) is 2. The molecule has 0 spiro atoms. The molecule has 1 aliphatic rings. The molecule has 2 aromatic carbocycles. The summed E-state index contributed by atoms with van der Waals surface area (Å²) in [7, 11) is 3.35. The number of hydrogen-bond donors (Lipinski definition) is 0. The summed E-state index contributed by atoms with van der Waals surface area (Å²) in [5, 5.41) is 0. The molecule has 0 N–H and O–H groups in total. The first-order valence-electron chi connectivity index (χ1n) is 10.7. The fraction of sp³-hybridized carbons (Fsp3) is 0.440. The van der Waals surface area contributed by atoms with Gasteiger partial charge < -0.3 is 9.64 Å². The lowest BCUT2D eigenvalue weighted by atomic mass is 9.90. The number of likely N-dealkylation sites (N-methyl/N-ethyl adjacent to an activating group) is 1. The van der Waals surface area contributed by atoms with Crippen LogP contribution < -0.4 is 0 Å². The first-order valence-corrected chi connectivity index (χ1v) is 10.7. The first-order chi connectivity index (χ1) is 14.5. The van der Waals surface area contributed by atoms with Gasteiger partial charge in [0.1, 0.15) is 0 Å². The first kappa shape index (κ1) is 22.0. The molecule has 0 aromatic heterocycles. The summed E-state index contributed by atoms with van der Waals surface area (Å²) in [4.78, 5) is 28.6. The number of amides is 1. The van der Waals surface area contributed by atoms with E-state index in [1.807, 2.05) is 31.0 Å². The molecule has 30 heavy (non-hydrogen) atoms. The van der Waals surface area contributed by atoms with Gasteiger partial charge in [-0.2, -0.15) is 0 Å². The van der Waals surface area contributed by atoms with Crippen molar-refractivity contribution in [3.63, 3.8) is 0 Å². The van der Waals surface area contributed by atoms with Crippen molar-refractivity contribution in [2.75, 3.05) is 27.2 Å². The normalized spacial score (nSPS) is 15.8. The van der Waals surface area contributed by atoms with E-state index in [0.717, 1.165) is 37.9 Å². The van der Waals surface area contributed by atoms with Crippen LogP contribution in [0.4, 0.5) is 0 Å². The zero-order valence-corrected chi connectivity index (χ0v) is 18.2. The number of ether oxygens (including phenoxy) is 1. The molecular weight excluding hydrogens is 376 g/mol. The van der Waals surface area contributed by atoms with E-state index < -0.39 is 0 Å². The zero-order valence-electron chi connectivity index (χ0n) is 18.2. The van der Waals surface area contributed by atoms with Gasteiger partial charge in [0.2, 0.25) is 5.91 Å². The van der Waals surface area contributed by atoms with Crippen LogP contribution in [0.2, 0.25) is 0 Å². The van der Waals surface area contributed by atoms with Gasteiger partial charge in [-0.05, 0) is 62.4 Å². The topological polar surface area (TPSA) is 49.9 Å². The third kappa shape index (κ3) is 5.70. The number of esters is 1. The molecule has 0 saturated carbocycles. The van der Waals surface area contributed by atoms with E-state index in [9.17, 15) is 9.59 Å². The maximum absolute atomic E-state index is 13.0. The smallest absolute Gasteiger partial charge is 0.337 e. The minimum Gasteiger partial charge on any atom is -0.465 e. The SMILES string of the molecule is COC(=O)c1ccc(CN(C)C(C)C(=O)N2CCC(Cc3ccccc3)CC2)cc1. The molecule has 1 heterocycles. The highest BCUT2D eigenvalue weighted by atomic mass is 16.5. The Kier molecular flexibility index (Phi) is 7.63. The Hall–Kier alpha value is -2.66. The van der Waals surface area contributed by atoms with Crippen molar-refractivity contribution in [2.24, 2.45) is 5.92 Å². The summed E-state index contributed by atoms with van der Waals surface area (Å²) < 4.78 is 4.74. The van der Waals surface area contributed by atoms with Crippen molar-refractivity contribution >= 4 is 11.9 Å². The van der Waals surface area contributed by atoms with Crippen molar-refractivity contribution in [1.82, 2.24) is 9.80 Å². The van der Waals surface area contributed by atoms with Gasteiger partial charge in [0.25, 0.3) is 0 Å². The molecule has 1 saturated heterocycles. The number of piperidine rings is 1. The van der Waals surface area contributed by atoms with Crippen LogP contribution in [-0.4, -0.2) is 55.0 Å². The molecule has 1 aliphatic heterocycles. The van der Waals surface area contributed by atoms with E-state index in [1.54, 1.807) is 12.1 Å². The number of hydrogen-bond acceptors (Lipinski definition) is 4. The van der Waals surface area contributed by atoms with E-state index in [2.05, 4.69) is 35.2 Å². The highest BCUT2D eigenvalue weighted by molar-refractivity contribution is 5.89. The van der Waals surface area contributed by atoms with Gasteiger partial charge in [0.15, 0.2) is 0 Å². The van der Waals surface area contributed by atoms with Crippen LogP contribution >= 0.6 is 0 Å². The summed E-state index contributed by atoms with van der Waals surface area (Å²) in [6.45, 7) is 4.30. The van der Waals surface area contributed by atoms with Crippen LogP contribution in [0.1, 0.15) is 41.3 Å². The second-order valence-corrected chi connectivity index (χ2v) is 8.24. The Labute approximate surface area is 179 Å². The second kappa shape index (κ2) is 10.4. The molecule has 0 bridgehead atoms. The quantitative estimate of drug-likeness (QED) is 0.655. The highest BCUT2D eigenvalue weighted by Gasteiger charge is 2.28. The van der Waals surface area contributed by atoms with E-state index >= 15 is 0 Å². The molecule has 1 amide bonds. The van der Waals surface area contributed by atoms with Gasteiger partial charge in [-0.15, -0.1) is 0 Å². The van der Waals surface area contributed by atoms with Crippen LogP contribution in [0.15, 0.2) is 54.6 Å². The molecule has 5 nitrogen and oxygen atoms in total. The molecule has 1 atom stereocenters. The fourth-order valence-electron chi connectivity index (χ4n) is 4.05. The third-order valence-corrected chi connectivity index (χ3v) is 6.12. The van der Waals surface area contributed by atoms with Crippen molar-refractivity contribution in [2.45, 2.75) is 38.8 Å². The lowest BCUT2D eigenvalue weighted by molar-refractivity contribution is -0.137. The Morgan fingerprint density at radius 1 is 1.03 bits per heavy atom. The number of rotatable bonds is 7. The number of benzene rings is 2. The maximum Gasteiger partial charge on any atom is 0.337 e. The van der Waals surface area contributed by atoms with Gasteiger partial charge in [-0.3, -0.25) is 9.69 Å². The lowest BCUT2D eigenvalue weighted by Gasteiger charge is -2.35. The van der Waals surface area contributed by atoms with E-state index in [4.69, 9.17) is 4.74 Å². The molecule has 3 rings (SSSR count). The van der Waals surface area contributed by atoms with Gasteiger partial charge in [0, 0.05) is 19.6 Å². The van der Waals surface area contributed by atoms with Crippen molar-refractivity contribution in [1.29, 1.82) is 0 Å². The lowest BCUT2D eigenvalue weighted by Crippen LogP contribution is -2.48. The van der Waals surface area contributed by atoms with Crippen LogP contribution in [0.5, 0.6) is 0 Å². The molecule has 2 aromatic rings. The van der Waals surface area contributed by atoms with Gasteiger partial charge >= 0.3 is 5.97 Å². The Morgan fingerprint density at radius 2 is 1.67 bits per heavy atom. The summed E-state index contributed by atoms with van der Waals surface area (Å²) in [6.07, 6.45) is 3.22. The zero-order chi connectivity index (χ0) is 21.5. The average Bonchev–Trinajstić information content (AvgIpc) is 2.79. The van der Waals surface area contributed by atoms with Crippen LogP contribution in [-0.2, 0) is 22.5 Å². The maximum atomic E-state index is 13.0. The van der Waals surface area contributed by atoms with Gasteiger partial charge in [-0.25, -0.2) is 4.79 Å². The third-order valence-electron chi connectivity index (χ3n) is 6.12. The van der Waals surface area contributed by atoms with Crippen LogP contribution in [0.25, 0.3) is 0 Å². The molecule has 1 unspecified atom stereocenters. The summed E-state index contributed by atoms with van der Waals surface area (Å²) >= 11 is 0. The number of carbonyl (C=O) groups is 2. The fourth-order valence-corrected chi connectivity index (χ4v) is 4.05. The average molecular weight is 409 g/mol. The standard InChI is InChI=1S/C25H32N2O3/c1-19(26(2)18-22-9-11-23(12-10-22)25(29)30-3)24(28)27-15-13-21(14-16-27)17-20-7-5-4-6-8-20/h4-12,19,21H,13-18H2,1-3H3. The molecule has 0 radical (unpaired) electrons. The predicted molar refractivity (Wildman–Crippen MR) is 118 cm³/mol. The Bertz CT molecular complexity index is 827. The van der Waals surface area contributed by atoms with Crippen LogP contribution in [0, 0.1) is 5.92 Å². The van der Waals surface area contributed by atoms with E-state index in [0.29, 0.717) is 18.0 Å². The van der Waals surface area contributed by atoms with Crippen molar-refractivity contribution in [3.05, 3.63) is 71.3 Å². The second-order valence-electron chi connectivity index (χ2n) is 8.24. The summed E-state index contributed by atoms with van der Waals surface area (Å²) in [5.74, 6) is 0.508. The number of likely N-dealkylation sites (tertiary alicyclic amines) is 1. The van der Waals surface area contributed by atoms with Crippen LogP contribution in [0.3, 0.4) is 0 Å². The molecule has 1 fully saturated rings. The molecule has 160 valence electrons. The molecule has 0 aliphatic carbocycles. The highest BCUT2D eigenvalue weighted by Crippen LogP contribution is 2.22. The van der Waals surface area contributed by atoms with Crippen molar-refractivity contribution < 1.29 is 14.3 Å². The van der Waals surface area contributed by atoms with Crippen molar-refractivity contribution in [3.8, 4) is 0 Å². The Balaban J connectivity index is 1.48. The van der Waals surface area contributed by atoms with E-state index in [-0.39, 0.29) is 17.9 Å². The monoisotopic (exact) mass is 408 g/mol. The summed E-state index contributed by atoms with van der Waals surface area (Å²) in [6, 6.07) is 17.8. The minimum atomic E-state index is -0.339. The minimum absolute atomic E-state index is 0.184. The largest absolute Gasteiger partial charge is 0.465 e. The predicted octanol–water partition coefficient (Wildman–Crippen LogP) is 3.77. The van der Waals surface area contributed by atoms with Gasteiger partial charge in [0.05, 0.1) is 18.7 Å². The van der Waals surface area contributed by atoms with Gasteiger partial charge in [-0.1, -0.05) is 42.5 Å². The molecular formula is C25H32N2O3. The Morgan fingerprint density at radius 3 is 2.27 bits per heavy atom. The van der Waals surface area contributed by atoms with E-state index in [1.165, 1.54) is 12.7 Å². The molecule has 5 heteroatoms. The summed E-state index contributed by atoms with van der Waals surface area (Å²) in [5.41, 5.74) is 2.98.